The number of aromatic nitrogens is 2. The molecule has 6 heteroatoms. The third kappa shape index (κ3) is 4.36. The van der Waals surface area contributed by atoms with Crippen molar-refractivity contribution in [2.45, 2.75) is 6.54 Å². The van der Waals surface area contributed by atoms with Crippen LogP contribution in [0.1, 0.15) is 5.69 Å². The molecule has 1 aromatic rings. The summed E-state index contributed by atoms with van der Waals surface area (Å²) in [7, 11) is 1.61. The summed E-state index contributed by atoms with van der Waals surface area (Å²) in [6.45, 7) is 1.36. The molecule has 80 valence electrons. The van der Waals surface area contributed by atoms with Crippen LogP contribution in [-0.4, -0.2) is 30.3 Å². The molecule has 0 aliphatic carbocycles. The number of nitrogens with zero attached hydrogens (tertiary/aromatic N) is 2. The number of methoxy groups -OCH3 is 1. The summed E-state index contributed by atoms with van der Waals surface area (Å²) in [5, 5.41) is 0. The second-order valence-corrected chi connectivity index (χ2v) is 2.38. The Balaban J connectivity index is 0.00000169. The average molecular weight is 220 g/mol. The Hall–Kier alpha value is -0.910. The lowest BCUT2D eigenvalue weighted by Gasteiger charge is -2.03. The minimum atomic E-state index is 0. The van der Waals surface area contributed by atoms with Crippen molar-refractivity contribution in [2.75, 3.05) is 20.3 Å². The van der Waals surface area contributed by atoms with Gasteiger partial charge in [0.15, 0.2) is 0 Å². The maximum absolute atomic E-state index is 5.40. The summed E-state index contributed by atoms with van der Waals surface area (Å²) < 4.78 is 10.0. The Bertz CT molecular complexity index is 260. The van der Waals surface area contributed by atoms with Crippen LogP contribution in [0, 0.1) is 0 Å². The van der Waals surface area contributed by atoms with Gasteiger partial charge in [-0.25, -0.2) is 4.98 Å². The van der Waals surface area contributed by atoms with E-state index in [1.165, 1.54) is 0 Å². The SMILES string of the molecule is COCCOc1nccc(CN)n1.Cl. The van der Waals surface area contributed by atoms with Crippen molar-refractivity contribution in [3.63, 3.8) is 0 Å². The first-order valence-electron chi connectivity index (χ1n) is 4.00. The minimum Gasteiger partial charge on any atom is -0.461 e. The van der Waals surface area contributed by atoms with E-state index in [2.05, 4.69) is 9.97 Å². The molecular weight excluding hydrogens is 206 g/mol. The highest BCUT2D eigenvalue weighted by atomic mass is 35.5. The molecule has 0 aliphatic rings. The van der Waals surface area contributed by atoms with E-state index in [-0.39, 0.29) is 12.4 Å². The van der Waals surface area contributed by atoms with Crippen molar-refractivity contribution >= 4 is 12.4 Å². The molecule has 2 N–H and O–H groups in total. The lowest BCUT2D eigenvalue weighted by atomic mass is 10.4. The van der Waals surface area contributed by atoms with Crippen molar-refractivity contribution in [2.24, 2.45) is 5.73 Å². The fourth-order valence-corrected chi connectivity index (χ4v) is 0.776. The van der Waals surface area contributed by atoms with Crippen molar-refractivity contribution in [1.82, 2.24) is 9.97 Å². The van der Waals surface area contributed by atoms with E-state index in [1.807, 2.05) is 0 Å². The van der Waals surface area contributed by atoms with Crippen molar-refractivity contribution in [3.8, 4) is 6.01 Å². The predicted octanol–water partition coefficient (Wildman–Crippen LogP) is 0.382. The molecule has 0 saturated heterocycles. The quantitative estimate of drug-likeness (QED) is 0.726. The van der Waals surface area contributed by atoms with Gasteiger partial charge in [0.2, 0.25) is 0 Å². The molecule has 1 rings (SSSR count). The summed E-state index contributed by atoms with van der Waals surface area (Å²) in [4.78, 5) is 7.96. The zero-order valence-electron chi connectivity index (χ0n) is 7.97. The minimum absolute atomic E-state index is 0. The van der Waals surface area contributed by atoms with Gasteiger partial charge in [-0.3, -0.25) is 0 Å². The van der Waals surface area contributed by atoms with E-state index in [9.17, 15) is 0 Å². The van der Waals surface area contributed by atoms with Gasteiger partial charge < -0.3 is 15.2 Å². The standard InChI is InChI=1S/C8H13N3O2.ClH/c1-12-4-5-13-8-10-3-2-7(6-9)11-8;/h2-3H,4-6,9H2,1H3;1H. The second kappa shape index (κ2) is 7.49. The second-order valence-electron chi connectivity index (χ2n) is 2.38. The van der Waals surface area contributed by atoms with Crippen LogP contribution in [-0.2, 0) is 11.3 Å². The van der Waals surface area contributed by atoms with Crippen molar-refractivity contribution < 1.29 is 9.47 Å². The molecule has 0 aliphatic heterocycles. The molecule has 5 nitrogen and oxygen atoms in total. The molecule has 0 aromatic carbocycles. The maximum atomic E-state index is 5.40. The average Bonchev–Trinajstić information content (AvgIpc) is 2.19. The third-order valence-corrected chi connectivity index (χ3v) is 1.42. The van der Waals surface area contributed by atoms with E-state index in [4.69, 9.17) is 15.2 Å². The van der Waals surface area contributed by atoms with E-state index >= 15 is 0 Å². The molecule has 1 aromatic heterocycles. The van der Waals surface area contributed by atoms with Crippen LogP contribution in [0.5, 0.6) is 6.01 Å². The number of halogens is 1. The van der Waals surface area contributed by atoms with E-state index in [0.717, 1.165) is 5.69 Å². The first-order valence-corrected chi connectivity index (χ1v) is 4.00. The summed E-state index contributed by atoms with van der Waals surface area (Å²) in [6.07, 6.45) is 1.62. The summed E-state index contributed by atoms with van der Waals surface area (Å²) in [5.41, 5.74) is 6.17. The van der Waals surface area contributed by atoms with Crippen LogP contribution in [0.4, 0.5) is 0 Å². The Labute approximate surface area is 89.1 Å². The number of nitrogens with two attached hydrogens (primary N) is 1. The van der Waals surface area contributed by atoms with Gasteiger partial charge in [0.1, 0.15) is 6.61 Å². The number of rotatable bonds is 5. The molecule has 0 spiro atoms. The first kappa shape index (κ1) is 13.1. The highest BCUT2D eigenvalue weighted by Crippen LogP contribution is 2.01. The molecule has 0 fully saturated rings. The molecule has 0 unspecified atom stereocenters. The smallest absolute Gasteiger partial charge is 0.316 e. The molecule has 1 heterocycles. The molecule has 0 atom stereocenters. The topological polar surface area (TPSA) is 70.3 Å². The molecule has 0 radical (unpaired) electrons. The Kier molecular flexibility index (Phi) is 7.00. The third-order valence-electron chi connectivity index (χ3n) is 1.42. The number of hydrogen-bond acceptors (Lipinski definition) is 5. The van der Waals surface area contributed by atoms with Crippen LogP contribution < -0.4 is 10.5 Å². The highest BCUT2D eigenvalue weighted by Gasteiger charge is 1.97. The van der Waals surface area contributed by atoms with Gasteiger partial charge in [0.05, 0.1) is 12.3 Å². The van der Waals surface area contributed by atoms with Crippen LogP contribution >= 0.6 is 12.4 Å². The van der Waals surface area contributed by atoms with Gasteiger partial charge in [-0.15, -0.1) is 12.4 Å². The predicted molar refractivity (Wildman–Crippen MR) is 54.5 cm³/mol. The molecule has 0 saturated carbocycles. The number of ether oxygens (including phenoxy) is 2. The summed E-state index contributed by atoms with van der Waals surface area (Å²) in [6, 6.07) is 2.10. The van der Waals surface area contributed by atoms with Crippen LogP contribution in [0.25, 0.3) is 0 Å². The largest absolute Gasteiger partial charge is 0.461 e. The van der Waals surface area contributed by atoms with Crippen LogP contribution in [0.3, 0.4) is 0 Å². The van der Waals surface area contributed by atoms with Gasteiger partial charge in [0, 0.05) is 19.9 Å². The van der Waals surface area contributed by atoms with Gasteiger partial charge in [-0.2, -0.15) is 4.98 Å². The van der Waals surface area contributed by atoms with Crippen molar-refractivity contribution in [1.29, 1.82) is 0 Å². The molecule has 14 heavy (non-hydrogen) atoms. The fourth-order valence-electron chi connectivity index (χ4n) is 0.776. The Morgan fingerprint density at radius 3 is 2.86 bits per heavy atom. The molecular formula is C8H14ClN3O2. The van der Waals surface area contributed by atoms with Gasteiger partial charge in [-0.05, 0) is 6.07 Å². The zero-order chi connectivity index (χ0) is 9.52. The fraction of sp³-hybridized carbons (Fsp3) is 0.500. The monoisotopic (exact) mass is 219 g/mol. The van der Waals surface area contributed by atoms with E-state index in [1.54, 1.807) is 19.4 Å². The highest BCUT2D eigenvalue weighted by molar-refractivity contribution is 5.85. The lowest BCUT2D eigenvalue weighted by Crippen LogP contribution is -2.08. The lowest BCUT2D eigenvalue weighted by molar-refractivity contribution is 0.140. The van der Waals surface area contributed by atoms with E-state index in [0.29, 0.717) is 25.8 Å². The Morgan fingerprint density at radius 1 is 1.43 bits per heavy atom. The Morgan fingerprint density at radius 2 is 2.21 bits per heavy atom. The van der Waals surface area contributed by atoms with E-state index < -0.39 is 0 Å². The summed E-state index contributed by atoms with van der Waals surface area (Å²) >= 11 is 0. The van der Waals surface area contributed by atoms with Crippen LogP contribution in [0.2, 0.25) is 0 Å². The zero-order valence-corrected chi connectivity index (χ0v) is 8.79. The molecule has 0 bridgehead atoms. The molecule has 0 amide bonds. The maximum Gasteiger partial charge on any atom is 0.316 e. The van der Waals surface area contributed by atoms with Crippen LogP contribution in [0.15, 0.2) is 12.3 Å². The van der Waals surface area contributed by atoms with Gasteiger partial charge in [-0.1, -0.05) is 0 Å². The summed E-state index contributed by atoms with van der Waals surface area (Å²) in [5.74, 6) is 0. The first-order chi connectivity index (χ1) is 6.36. The van der Waals surface area contributed by atoms with Gasteiger partial charge >= 0.3 is 6.01 Å². The number of hydrogen-bond donors (Lipinski definition) is 1. The van der Waals surface area contributed by atoms with Crippen molar-refractivity contribution in [3.05, 3.63) is 18.0 Å². The van der Waals surface area contributed by atoms with Gasteiger partial charge in [0.25, 0.3) is 0 Å². The normalized spacial score (nSPS) is 9.29.